The molecule has 0 aliphatic carbocycles. The molecule has 0 fully saturated rings. The molecule has 0 bridgehead atoms. The van der Waals surface area contributed by atoms with Gasteiger partial charge in [0.25, 0.3) is 20.8 Å². The van der Waals surface area contributed by atoms with E-state index in [2.05, 4.69) is 8.37 Å². The fraction of sp³-hybridized carbons (Fsp3) is 0. The smallest absolute Gasteiger partial charge is 0.716 e. The van der Waals surface area contributed by atoms with Gasteiger partial charge in [0.15, 0.2) is 0 Å². The van der Waals surface area contributed by atoms with Gasteiger partial charge < -0.3 is 17.5 Å². The molecular formula is C12H8F2MgO8S2. The van der Waals surface area contributed by atoms with E-state index in [9.17, 15) is 34.7 Å². The van der Waals surface area contributed by atoms with E-state index in [-0.39, 0.29) is 34.6 Å². The quantitative estimate of drug-likeness (QED) is 0.416. The van der Waals surface area contributed by atoms with Gasteiger partial charge in [-0.1, -0.05) is 0 Å². The summed E-state index contributed by atoms with van der Waals surface area (Å²) in [5, 5.41) is 0. The van der Waals surface area contributed by atoms with Gasteiger partial charge in [0.2, 0.25) is 0 Å². The van der Waals surface area contributed by atoms with Gasteiger partial charge >= 0.3 is 23.1 Å². The second kappa shape index (κ2) is 9.84. The van der Waals surface area contributed by atoms with Crippen molar-refractivity contribution in [2.75, 3.05) is 0 Å². The summed E-state index contributed by atoms with van der Waals surface area (Å²) < 4.78 is 92.4. The molecule has 8 nitrogen and oxygen atoms in total. The molecule has 13 heteroatoms. The predicted molar refractivity (Wildman–Crippen MR) is 79.2 cm³/mol. The third-order valence-electron chi connectivity index (χ3n) is 2.02. The van der Waals surface area contributed by atoms with Crippen molar-refractivity contribution in [1.29, 1.82) is 0 Å². The summed E-state index contributed by atoms with van der Waals surface area (Å²) in [6.45, 7) is 0. The van der Waals surface area contributed by atoms with Crippen LogP contribution < -0.4 is 8.37 Å². The van der Waals surface area contributed by atoms with E-state index in [1.807, 2.05) is 0 Å². The van der Waals surface area contributed by atoms with Crippen LogP contribution in [-0.2, 0) is 20.8 Å². The zero-order valence-corrected chi connectivity index (χ0v) is 15.2. The molecule has 2 rings (SSSR count). The monoisotopic (exact) mass is 406 g/mol. The summed E-state index contributed by atoms with van der Waals surface area (Å²) in [6, 6.07) is 8.13. The average Bonchev–Trinajstić information content (AvgIpc) is 2.42. The van der Waals surface area contributed by atoms with Gasteiger partial charge in [0, 0.05) is 0 Å². The van der Waals surface area contributed by atoms with Crippen molar-refractivity contribution in [1.82, 2.24) is 0 Å². The number of benzene rings is 2. The molecule has 0 unspecified atom stereocenters. The first kappa shape index (κ1) is 23.5. The molecule has 0 spiro atoms. The normalized spacial score (nSPS) is 10.7. The Hall–Kier alpha value is -1.51. The predicted octanol–water partition coefficient (Wildman–Crippen LogP) is 0.949. The van der Waals surface area contributed by atoms with Gasteiger partial charge in [-0.3, -0.25) is 0 Å². The van der Waals surface area contributed by atoms with Crippen molar-refractivity contribution >= 4 is 43.9 Å². The molecule has 0 aliphatic rings. The number of hydrogen-bond acceptors (Lipinski definition) is 8. The molecule has 0 radical (unpaired) electrons. The Morgan fingerprint density at radius 3 is 1.08 bits per heavy atom. The SMILES string of the molecule is O=S(=O)([O-])Oc1ccc(F)cc1.O=S(=O)([O-])Oc1ccc(F)cc1.[Mg+2]. The molecule has 2 aromatic rings. The van der Waals surface area contributed by atoms with E-state index in [0.29, 0.717) is 0 Å². The molecule has 0 saturated carbocycles. The van der Waals surface area contributed by atoms with Crippen LogP contribution >= 0.6 is 0 Å². The van der Waals surface area contributed by atoms with Crippen molar-refractivity contribution in [3.05, 3.63) is 60.2 Å². The Kier molecular flexibility index (Phi) is 9.24. The molecular weight excluding hydrogens is 399 g/mol. The minimum absolute atomic E-state index is 0. The second-order valence-electron chi connectivity index (χ2n) is 3.89. The van der Waals surface area contributed by atoms with Crippen LogP contribution in [0, 0.1) is 11.6 Å². The van der Waals surface area contributed by atoms with Crippen molar-refractivity contribution in [3.8, 4) is 11.5 Å². The van der Waals surface area contributed by atoms with Gasteiger partial charge in [-0.25, -0.2) is 25.6 Å². The topological polar surface area (TPSA) is 133 Å². The first-order valence-corrected chi connectivity index (χ1v) is 8.43. The zero-order chi connectivity index (χ0) is 18.4. The molecule has 0 saturated heterocycles. The second-order valence-corrected chi connectivity index (χ2v) is 5.86. The van der Waals surface area contributed by atoms with Gasteiger partial charge in [0.1, 0.15) is 23.1 Å². The van der Waals surface area contributed by atoms with Crippen LogP contribution in [0.4, 0.5) is 8.78 Å². The molecule has 0 aromatic heterocycles. The summed E-state index contributed by atoms with van der Waals surface area (Å²) in [4.78, 5) is 0. The van der Waals surface area contributed by atoms with Crippen molar-refractivity contribution in [2.45, 2.75) is 0 Å². The summed E-state index contributed by atoms with van der Waals surface area (Å²) in [5.41, 5.74) is 0. The fourth-order valence-electron chi connectivity index (χ4n) is 1.22. The Morgan fingerprint density at radius 1 is 0.640 bits per heavy atom. The molecule has 0 N–H and O–H groups in total. The number of rotatable bonds is 4. The Bertz CT molecular complexity index is 793. The summed E-state index contributed by atoms with van der Waals surface area (Å²) in [5.74, 6) is -1.48. The maximum atomic E-state index is 12.2. The van der Waals surface area contributed by atoms with Crippen LogP contribution in [0.25, 0.3) is 0 Å². The van der Waals surface area contributed by atoms with E-state index in [4.69, 9.17) is 0 Å². The maximum Gasteiger partial charge on any atom is 2.00 e. The molecule has 0 heterocycles. The molecule has 2 aromatic carbocycles. The third-order valence-corrected chi connectivity index (χ3v) is 2.82. The van der Waals surface area contributed by atoms with Crippen molar-refractivity contribution in [2.24, 2.45) is 0 Å². The third kappa shape index (κ3) is 11.6. The van der Waals surface area contributed by atoms with Gasteiger partial charge in [0.05, 0.1) is 0 Å². The Morgan fingerprint density at radius 2 is 0.880 bits per heavy atom. The van der Waals surface area contributed by atoms with Gasteiger partial charge in [-0.2, -0.15) is 0 Å². The molecule has 0 amide bonds. The Balaban J connectivity index is 0.000000443. The molecule has 0 aliphatic heterocycles. The molecule has 25 heavy (non-hydrogen) atoms. The van der Waals surface area contributed by atoms with Crippen LogP contribution in [0.2, 0.25) is 0 Å². The van der Waals surface area contributed by atoms with Crippen molar-refractivity contribution < 1.29 is 43.1 Å². The minimum Gasteiger partial charge on any atom is -0.716 e. The number of halogens is 2. The zero-order valence-electron chi connectivity index (χ0n) is 12.2. The summed E-state index contributed by atoms with van der Waals surface area (Å²) in [7, 11) is -9.52. The first-order chi connectivity index (χ1) is 10.9. The standard InChI is InChI=1S/2C6H5FO4S.Mg/c2*7-5-1-3-6(4-2-5)11-12(8,9)10;/h2*1-4H,(H,8,9,10);/q;;+2/p-2. The molecule has 132 valence electrons. The largest absolute Gasteiger partial charge is 2.00 e. The Labute approximate surface area is 158 Å². The maximum absolute atomic E-state index is 12.2. The van der Waals surface area contributed by atoms with Crippen LogP contribution in [-0.4, -0.2) is 49.0 Å². The van der Waals surface area contributed by atoms with Crippen LogP contribution in [0.1, 0.15) is 0 Å². The van der Waals surface area contributed by atoms with E-state index < -0.39 is 32.4 Å². The van der Waals surface area contributed by atoms with Crippen molar-refractivity contribution in [3.63, 3.8) is 0 Å². The summed E-state index contributed by atoms with van der Waals surface area (Å²) >= 11 is 0. The number of hydrogen-bond donors (Lipinski definition) is 0. The first-order valence-electron chi connectivity index (χ1n) is 5.76. The molecule has 0 atom stereocenters. The van der Waals surface area contributed by atoms with Crippen LogP contribution in [0.3, 0.4) is 0 Å². The average molecular weight is 407 g/mol. The summed E-state index contributed by atoms with van der Waals surface area (Å²) in [6.07, 6.45) is 0. The fourth-order valence-corrected chi connectivity index (χ4v) is 1.91. The van der Waals surface area contributed by atoms with Crippen LogP contribution in [0.15, 0.2) is 48.5 Å². The van der Waals surface area contributed by atoms with E-state index in [0.717, 1.165) is 48.5 Å². The van der Waals surface area contributed by atoms with Gasteiger partial charge in [-0.05, 0) is 48.5 Å². The van der Waals surface area contributed by atoms with E-state index >= 15 is 0 Å². The van der Waals surface area contributed by atoms with Crippen LogP contribution in [0.5, 0.6) is 11.5 Å². The minimum atomic E-state index is -4.76. The van der Waals surface area contributed by atoms with E-state index in [1.54, 1.807) is 0 Å². The van der Waals surface area contributed by atoms with E-state index in [1.165, 1.54) is 0 Å². The van der Waals surface area contributed by atoms with Gasteiger partial charge in [-0.15, -0.1) is 0 Å².